The fourth-order valence-electron chi connectivity index (χ4n) is 3.59. The van der Waals surface area contributed by atoms with Crippen LogP contribution in [0.15, 0.2) is 54.6 Å². The van der Waals surface area contributed by atoms with Gasteiger partial charge in [-0.25, -0.2) is 4.39 Å². The topological polar surface area (TPSA) is 52.6 Å². The summed E-state index contributed by atoms with van der Waals surface area (Å²) in [7, 11) is 0. The highest BCUT2D eigenvalue weighted by atomic mass is 35.5. The van der Waals surface area contributed by atoms with Crippen molar-refractivity contribution in [3.05, 3.63) is 60.2 Å². The normalized spacial score (nSPS) is 22.7. The molecule has 3 rings (SSSR count). The Labute approximate surface area is 165 Å². The Morgan fingerprint density at radius 3 is 2.67 bits per heavy atom. The number of nitrogens with zero attached hydrogens (tertiary/aromatic N) is 1. The van der Waals surface area contributed by atoms with Gasteiger partial charge >= 0.3 is 0 Å². The minimum atomic E-state index is -1.44. The molecule has 27 heavy (non-hydrogen) atoms. The van der Waals surface area contributed by atoms with Gasteiger partial charge in [-0.1, -0.05) is 37.3 Å². The van der Waals surface area contributed by atoms with Crippen molar-refractivity contribution in [1.29, 1.82) is 0 Å². The van der Waals surface area contributed by atoms with E-state index >= 15 is 4.39 Å². The predicted octanol–water partition coefficient (Wildman–Crippen LogP) is 4.35. The first-order valence-electron chi connectivity index (χ1n) is 9.03. The molecule has 1 amide bonds. The fraction of sp³-hybridized carbons (Fsp3) is 0.381. The molecule has 1 saturated heterocycles. The summed E-state index contributed by atoms with van der Waals surface area (Å²) in [5, 5.41) is 12.5. The zero-order valence-electron chi connectivity index (χ0n) is 15.4. The summed E-state index contributed by atoms with van der Waals surface area (Å²) >= 11 is 0. The maximum absolute atomic E-state index is 15.5. The molecule has 0 bridgehead atoms. The molecule has 1 aliphatic heterocycles. The third-order valence-corrected chi connectivity index (χ3v) is 5.14. The van der Waals surface area contributed by atoms with E-state index in [9.17, 15) is 9.90 Å². The van der Waals surface area contributed by atoms with Crippen molar-refractivity contribution in [2.45, 2.75) is 25.4 Å². The van der Waals surface area contributed by atoms with Gasteiger partial charge in [-0.05, 0) is 36.2 Å². The molecule has 4 nitrogen and oxygen atoms in total. The molecular formula is C21H26ClFN2O2. The van der Waals surface area contributed by atoms with Crippen molar-refractivity contribution >= 4 is 24.0 Å². The third kappa shape index (κ3) is 5.21. The number of carbonyl (C=O) groups is 1. The molecule has 0 aromatic heterocycles. The number of benzene rings is 2. The number of hydrogen-bond acceptors (Lipinski definition) is 3. The van der Waals surface area contributed by atoms with Gasteiger partial charge in [0.05, 0.1) is 0 Å². The van der Waals surface area contributed by atoms with E-state index in [0.717, 1.165) is 5.69 Å². The van der Waals surface area contributed by atoms with Crippen LogP contribution in [-0.2, 0) is 10.5 Å². The van der Waals surface area contributed by atoms with E-state index in [1.54, 1.807) is 18.2 Å². The highest BCUT2D eigenvalue weighted by Crippen LogP contribution is 2.41. The molecule has 1 aliphatic rings. The van der Waals surface area contributed by atoms with Crippen LogP contribution in [0.25, 0.3) is 0 Å². The second kappa shape index (κ2) is 9.20. The molecule has 2 aromatic carbocycles. The van der Waals surface area contributed by atoms with Gasteiger partial charge < -0.3 is 15.3 Å². The molecule has 2 aromatic rings. The summed E-state index contributed by atoms with van der Waals surface area (Å²) in [5.41, 5.74) is -0.121. The minimum Gasteiger partial charge on any atom is -0.508 e. The van der Waals surface area contributed by atoms with Crippen LogP contribution in [0.3, 0.4) is 0 Å². The molecule has 2 unspecified atom stereocenters. The number of carbonyl (C=O) groups excluding carboxylic acids is 1. The van der Waals surface area contributed by atoms with Gasteiger partial charge in [-0.2, -0.15) is 0 Å². The minimum absolute atomic E-state index is 0. The lowest BCUT2D eigenvalue weighted by Gasteiger charge is -2.41. The number of amides is 1. The van der Waals surface area contributed by atoms with E-state index in [2.05, 4.69) is 10.2 Å². The molecule has 1 heterocycles. The lowest BCUT2D eigenvalue weighted by molar-refractivity contribution is -0.116. The van der Waals surface area contributed by atoms with Crippen molar-refractivity contribution in [3.8, 4) is 5.75 Å². The summed E-state index contributed by atoms with van der Waals surface area (Å²) in [4.78, 5) is 14.2. The number of para-hydroxylation sites is 1. The Kier molecular flexibility index (Phi) is 7.22. The van der Waals surface area contributed by atoms with Gasteiger partial charge in [0.15, 0.2) is 0 Å². The lowest BCUT2D eigenvalue weighted by Crippen LogP contribution is -2.47. The Balaban J connectivity index is 0.00000261. The van der Waals surface area contributed by atoms with Crippen LogP contribution in [0.1, 0.15) is 25.3 Å². The highest BCUT2D eigenvalue weighted by Gasteiger charge is 2.42. The Bertz CT molecular complexity index is 759. The molecule has 2 atom stereocenters. The molecule has 0 spiro atoms. The Hall–Kier alpha value is -2.11. The van der Waals surface area contributed by atoms with Gasteiger partial charge in [0.1, 0.15) is 11.4 Å². The van der Waals surface area contributed by atoms with E-state index in [1.807, 2.05) is 37.3 Å². The van der Waals surface area contributed by atoms with Gasteiger partial charge in [0, 0.05) is 37.7 Å². The van der Waals surface area contributed by atoms with Gasteiger partial charge in [-0.15, -0.1) is 12.4 Å². The molecule has 0 aliphatic carbocycles. The SMILES string of the molecule is CC1CN(CCC(=O)Nc2ccccc2)CCC1(F)c1cccc(O)c1.Cl. The first-order valence-corrected chi connectivity index (χ1v) is 9.03. The van der Waals surface area contributed by atoms with Gasteiger partial charge in [-0.3, -0.25) is 4.79 Å². The van der Waals surface area contributed by atoms with E-state index in [1.165, 1.54) is 6.07 Å². The predicted molar refractivity (Wildman–Crippen MR) is 108 cm³/mol. The average molecular weight is 393 g/mol. The van der Waals surface area contributed by atoms with Crippen LogP contribution in [0.2, 0.25) is 0 Å². The number of halogens is 2. The van der Waals surface area contributed by atoms with E-state index in [-0.39, 0.29) is 30.0 Å². The molecule has 146 valence electrons. The number of phenols is 1. The first-order chi connectivity index (χ1) is 12.5. The number of hydrogen-bond donors (Lipinski definition) is 2. The summed E-state index contributed by atoms with van der Waals surface area (Å²) < 4.78 is 15.5. The Morgan fingerprint density at radius 2 is 2.00 bits per heavy atom. The zero-order chi connectivity index (χ0) is 18.6. The van der Waals surface area contributed by atoms with E-state index in [4.69, 9.17) is 0 Å². The van der Waals surface area contributed by atoms with Gasteiger partial charge in [0.25, 0.3) is 0 Å². The van der Waals surface area contributed by atoms with Gasteiger partial charge in [0.2, 0.25) is 5.91 Å². The number of likely N-dealkylation sites (tertiary alicyclic amines) is 1. The van der Waals surface area contributed by atoms with Crippen LogP contribution < -0.4 is 5.32 Å². The number of aromatic hydroxyl groups is 1. The number of anilines is 1. The highest BCUT2D eigenvalue weighted by molar-refractivity contribution is 5.90. The first kappa shape index (κ1) is 21.2. The molecule has 2 N–H and O–H groups in total. The van der Waals surface area contributed by atoms with Crippen LogP contribution in [-0.4, -0.2) is 35.5 Å². The molecule has 6 heteroatoms. The number of alkyl halides is 1. The monoisotopic (exact) mass is 392 g/mol. The largest absolute Gasteiger partial charge is 0.508 e. The summed E-state index contributed by atoms with van der Waals surface area (Å²) in [5.74, 6) is -0.157. The summed E-state index contributed by atoms with van der Waals surface area (Å²) in [6.07, 6.45) is 0.741. The van der Waals surface area contributed by atoms with Crippen molar-refractivity contribution in [2.75, 3.05) is 25.0 Å². The third-order valence-electron chi connectivity index (χ3n) is 5.14. The number of phenolic OH excluding ortho intramolecular Hbond substituents is 1. The van der Waals surface area contributed by atoms with Crippen molar-refractivity contribution in [2.24, 2.45) is 5.92 Å². The fourth-order valence-corrected chi connectivity index (χ4v) is 3.59. The van der Waals surface area contributed by atoms with Crippen LogP contribution in [0, 0.1) is 5.92 Å². The number of piperidine rings is 1. The maximum atomic E-state index is 15.5. The molecule has 1 fully saturated rings. The van der Waals surface area contributed by atoms with E-state index < -0.39 is 5.67 Å². The molecule has 0 saturated carbocycles. The number of nitrogens with one attached hydrogen (secondary N) is 1. The number of rotatable bonds is 5. The van der Waals surface area contributed by atoms with Crippen molar-refractivity contribution in [3.63, 3.8) is 0 Å². The van der Waals surface area contributed by atoms with E-state index in [0.29, 0.717) is 38.0 Å². The summed E-state index contributed by atoms with van der Waals surface area (Å²) in [6.45, 7) is 3.68. The van der Waals surface area contributed by atoms with Crippen molar-refractivity contribution in [1.82, 2.24) is 4.90 Å². The molecule has 0 radical (unpaired) electrons. The quantitative estimate of drug-likeness (QED) is 0.795. The second-order valence-electron chi connectivity index (χ2n) is 7.03. The second-order valence-corrected chi connectivity index (χ2v) is 7.03. The maximum Gasteiger partial charge on any atom is 0.225 e. The lowest BCUT2D eigenvalue weighted by atomic mass is 9.78. The van der Waals surface area contributed by atoms with Crippen LogP contribution in [0.5, 0.6) is 5.75 Å². The smallest absolute Gasteiger partial charge is 0.225 e. The van der Waals surface area contributed by atoms with Crippen LogP contribution in [0.4, 0.5) is 10.1 Å². The Morgan fingerprint density at radius 1 is 1.26 bits per heavy atom. The molecular weight excluding hydrogens is 367 g/mol. The summed E-state index contributed by atoms with van der Waals surface area (Å²) in [6, 6.07) is 15.9. The standard InChI is InChI=1S/C21H25FN2O2.ClH/c1-16-15-24(12-10-20(26)23-18-7-3-2-4-8-18)13-11-21(16,22)17-6-5-9-19(25)14-17;/h2-9,14,16,25H,10-13,15H2,1H3,(H,23,26);1H. The zero-order valence-corrected chi connectivity index (χ0v) is 16.2. The van der Waals surface area contributed by atoms with Crippen molar-refractivity contribution < 1.29 is 14.3 Å². The average Bonchev–Trinajstić information content (AvgIpc) is 2.63. The van der Waals surface area contributed by atoms with Crippen LogP contribution >= 0.6 is 12.4 Å².